The van der Waals surface area contributed by atoms with E-state index in [4.69, 9.17) is 17.0 Å². The highest BCUT2D eigenvalue weighted by molar-refractivity contribution is 7.71. The van der Waals surface area contributed by atoms with Crippen LogP contribution in [0.5, 0.6) is 5.75 Å². The molecule has 0 fully saturated rings. The van der Waals surface area contributed by atoms with Gasteiger partial charge in [0.15, 0.2) is 4.77 Å². The molecule has 2 aromatic carbocycles. The summed E-state index contributed by atoms with van der Waals surface area (Å²) in [6.07, 6.45) is 0. The minimum atomic E-state index is -0.322. The predicted molar refractivity (Wildman–Crippen MR) is 75.0 cm³/mol. The number of benzene rings is 2. The smallest absolute Gasteiger partial charge is 0.182 e. The molecule has 0 aliphatic rings. The van der Waals surface area contributed by atoms with Crippen LogP contribution in [-0.2, 0) is 0 Å². The molecule has 96 valence electrons. The Morgan fingerprint density at radius 3 is 2.74 bits per heavy atom. The maximum absolute atomic E-state index is 13.8. The highest BCUT2D eigenvalue weighted by atomic mass is 32.1. The highest BCUT2D eigenvalue weighted by Gasteiger charge is 2.12. The van der Waals surface area contributed by atoms with Gasteiger partial charge in [-0.1, -0.05) is 18.2 Å². The number of imidazole rings is 1. The largest absolute Gasteiger partial charge is 0.495 e. The van der Waals surface area contributed by atoms with Gasteiger partial charge in [-0.2, -0.15) is 0 Å². The van der Waals surface area contributed by atoms with Crippen molar-refractivity contribution in [2.75, 3.05) is 7.11 Å². The van der Waals surface area contributed by atoms with Gasteiger partial charge in [0.1, 0.15) is 17.1 Å². The molecule has 19 heavy (non-hydrogen) atoms. The zero-order chi connectivity index (χ0) is 13.4. The lowest BCUT2D eigenvalue weighted by Crippen LogP contribution is -1.97. The molecule has 1 heterocycles. The molecule has 0 bridgehead atoms. The molecule has 0 saturated carbocycles. The van der Waals surface area contributed by atoms with Crippen LogP contribution in [0.3, 0.4) is 0 Å². The number of aromatic nitrogens is 2. The SMILES string of the molecule is COc1ccccc1-n1c(=S)[nH]c2c(F)cccc21. The van der Waals surface area contributed by atoms with E-state index in [0.717, 1.165) is 5.69 Å². The van der Waals surface area contributed by atoms with E-state index in [1.165, 1.54) is 6.07 Å². The third kappa shape index (κ3) is 1.82. The lowest BCUT2D eigenvalue weighted by atomic mass is 10.2. The predicted octanol–water partition coefficient (Wildman–Crippen LogP) is 3.84. The first kappa shape index (κ1) is 11.9. The molecule has 3 aromatic rings. The monoisotopic (exact) mass is 274 g/mol. The van der Waals surface area contributed by atoms with E-state index in [1.807, 2.05) is 30.3 Å². The highest BCUT2D eigenvalue weighted by Crippen LogP contribution is 2.27. The van der Waals surface area contributed by atoms with Crippen molar-refractivity contribution in [1.29, 1.82) is 0 Å². The average molecular weight is 274 g/mol. The number of hydrogen-bond acceptors (Lipinski definition) is 2. The fourth-order valence-electron chi connectivity index (χ4n) is 2.15. The van der Waals surface area contributed by atoms with E-state index in [1.54, 1.807) is 17.7 Å². The van der Waals surface area contributed by atoms with Crippen LogP contribution in [0.4, 0.5) is 4.39 Å². The van der Waals surface area contributed by atoms with E-state index in [0.29, 0.717) is 21.6 Å². The zero-order valence-electron chi connectivity index (χ0n) is 10.2. The fraction of sp³-hybridized carbons (Fsp3) is 0.0714. The van der Waals surface area contributed by atoms with Crippen LogP contribution in [0.25, 0.3) is 16.7 Å². The lowest BCUT2D eigenvalue weighted by molar-refractivity contribution is 0.413. The Kier molecular flexibility index (Phi) is 2.83. The number of halogens is 1. The van der Waals surface area contributed by atoms with Crippen molar-refractivity contribution in [2.24, 2.45) is 0 Å². The van der Waals surface area contributed by atoms with Gasteiger partial charge in [0.25, 0.3) is 0 Å². The Bertz CT molecular complexity index is 807. The molecule has 0 saturated heterocycles. The Balaban J connectivity index is 2.40. The molecule has 0 spiro atoms. The molecule has 0 aliphatic heterocycles. The quantitative estimate of drug-likeness (QED) is 0.720. The number of H-pyrrole nitrogens is 1. The van der Waals surface area contributed by atoms with Gasteiger partial charge in [0.2, 0.25) is 0 Å². The van der Waals surface area contributed by atoms with Crippen LogP contribution in [0.2, 0.25) is 0 Å². The number of ether oxygens (including phenoxy) is 1. The number of aromatic amines is 1. The van der Waals surface area contributed by atoms with Crippen LogP contribution in [0.1, 0.15) is 0 Å². The second-order valence-corrected chi connectivity index (χ2v) is 4.46. The molecule has 0 aliphatic carbocycles. The first-order valence-corrected chi connectivity index (χ1v) is 6.16. The molecule has 0 atom stereocenters. The second kappa shape index (κ2) is 4.51. The minimum Gasteiger partial charge on any atom is -0.495 e. The number of rotatable bonds is 2. The average Bonchev–Trinajstić information content (AvgIpc) is 2.76. The van der Waals surface area contributed by atoms with Crippen LogP contribution < -0.4 is 4.74 Å². The summed E-state index contributed by atoms with van der Waals surface area (Å²) in [6, 6.07) is 12.4. The van der Waals surface area contributed by atoms with Gasteiger partial charge in [-0.15, -0.1) is 0 Å². The number of nitrogens with zero attached hydrogens (tertiary/aromatic N) is 1. The number of fused-ring (bicyclic) bond motifs is 1. The summed E-state index contributed by atoms with van der Waals surface area (Å²) in [6.45, 7) is 0. The van der Waals surface area contributed by atoms with Crippen LogP contribution >= 0.6 is 12.2 Å². The van der Waals surface area contributed by atoms with Crippen LogP contribution in [-0.4, -0.2) is 16.7 Å². The second-order valence-electron chi connectivity index (χ2n) is 4.07. The van der Waals surface area contributed by atoms with Gasteiger partial charge in [-0.25, -0.2) is 4.39 Å². The number of hydrogen-bond donors (Lipinski definition) is 1. The molecular formula is C14H11FN2OS. The van der Waals surface area contributed by atoms with E-state index in [-0.39, 0.29) is 5.82 Å². The molecule has 0 radical (unpaired) electrons. The molecule has 1 aromatic heterocycles. The van der Waals surface area contributed by atoms with Crippen molar-refractivity contribution in [3.05, 3.63) is 53.1 Å². The molecule has 3 rings (SSSR count). The van der Waals surface area contributed by atoms with Crippen molar-refractivity contribution in [1.82, 2.24) is 9.55 Å². The summed E-state index contributed by atoms with van der Waals surface area (Å²) in [5.41, 5.74) is 1.87. The Hall–Kier alpha value is -2.14. The molecule has 3 nitrogen and oxygen atoms in total. The normalized spacial score (nSPS) is 10.8. The maximum atomic E-state index is 13.8. The first-order chi connectivity index (χ1) is 9.22. The Morgan fingerprint density at radius 2 is 1.95 bits per heavy atom. The number of methoxy groups -OCH3 is 1. The number of para-hydroxylation sites is 3. The summed E-state index contributed by atoms with van der Waals surface area (Å²) >= 11 is 5.29. The number of nitrogens with one attached hydrogen (secondary N) is 1. The third-order valence-electron chi connectivity index (χ3n) is 2.99. The van der Waals surface area contributed by atoms with Gasteiger partial charge < -0.3 is 9.72 Å². The first-order valence-electron chi connectivity index (χ1n) is 5.75. The van der Waals surface area contributed by atoms with Gasteiger partial charge in [-0.3, -0.25) is 4.57 Å². The topological polar surface area (TPSA) is 29.9 Å². The zero-order valence-corrected chi connectivity index (χ0v) is 11.0. The van der Waals surface area contributed by atoms with Gasteiger partial charge in [0, 0.05) is 0 Å². The van der Waals surface area contributed by atoms with Crippen molar-refractivity contribution >= 4 is 23.3 Å². The van der Waals surface area contributed by atoms with Crippen molar-refractivity contribution in [3.8, 4) is 11.4 Å². The summed E-state index contributed by atoms with van der Waals surface area (Å²) in [7, 11) is 1.60. The third-order valence-corrected chi connectivity index (χ3v) is 3.28. The Morgan fingerprint density at radius 1 is 1.16 bits per heavy atom. The van der Waals surface area contributed by atoms with E-state index < -0.39 is 0 Å². The Labute approximate surface area is 114 Å². The van der Waals surface area contributed by atoms with E-state index in [9.17, 15) is 4.39 Å². The van der Waals surface area contributed by atoms with E-state index in [2.05, 4.69) is 4.98 Å². The summed E-state index contributed by atoms with van der Waals surface area (Å²) in [5, 5.41) is 0. The lowest BCUT2D eigenvalue weighted by Gasteiger charge is -2.09. The van der Waals surface area contributed by atoms with E-state index >= 15 is 0 Å². The maximum Gasteiger partial charge on any atom is 0.182 e. The molecule has 1 N–H and O–H groups in total. The fourth-order valence-corrected chi connectivity index (χ4v) is 2.45. The molecule has 5 heteroatoms. The summed E-state index contributed by atoms with van der Waals surface area (Å²) < 4.78 is 21.3. The summed E-state index contributed by atoms with van der Waals surface area (Å²) in [5.74, 6) is 0.362. The van der Waals surface area contributed by atoms with Crippen LogP contribution in [0, 0.1) is 10.6 Å². The minimum absolute atomic E-state index is 0.322. The van der Waals surface area contributed by atoms with Gasteiger partial charge >= 0.3 is 0 Å². The van der Waals surface area contributed by atoms with Gasteiger partial charge in [0.05, 0.1) is 18.3 Å². The summed E-state index contributed by atoms with van der Waals surface area (Å²) in [4.78, 5) is 2.89. The van der Waals surface area contributed by atoms with Crippen molar-refractivity contribution in [3.63, 3.8) is 0 Å². The van der Waals surface area contributed by atoms with Crippen molar-refractivity contribution < 1.29 is 9.13 Å². The molecule has 0 amide bonds. The molecule has 0 unspecified atom stereocenters. The molecular weight excluding hydrogens is 263 g/mol. The standard InChI is InChI=1S/C14H11FN2OS/c1-18-12-8-3-2-6-10(12)17-11-7-4-5-9(15)13(11)16-14(17)19/h2-8H,1H3,(H,16,19). The van der Waals surface area contributed by atoms with Gasteiger partial charge in [-0.05, 0) is 36.5 Å². The van der Waals surface area contributed by atoms with Crippen molar-refractivity contribution in [2.45, 2.75) is 0 Å². The van der Waals surface area contributed by atoms with Crippen LogP contribution in [0.15, 0.2) is 42.5 Å².